The van der Waals surface area contributed by atoms with Crippen LogP contribution in [0.5, 0.6) is 0 Å². The van der Waals surface area contributed by atoms with Crippen LogP contribution in [0.2, 0.25) is 5.02 Å². The number of nitrogens with zero attached hydrogens (tertiary/aromatic N) is 2. The fourth-order valence-corrected chi connectivity index (χ4v) is 7.66. The van der Waals surface area contributed by atoms with Crippen molar-refractivity contribution in [1.29, 1.82) is 0 Å². The van der Waals surface area contributed by atoms with Crippen LogP contribution in [0.4, 0.5) is 5.69 Å². The van der Waals surface area contributed by atoms with Crippen molar-refractivity contribution in [3.63, 3.8) is 0 Å². The number of hydrogen-bond donors (Lipinski definition) is 2. The highest BCUT2D eigenvalue weighted by atomic mass is 79.9. The Morgan fingerprint density at radius 2 is 1.95 bits per heavy atom. The van der Waals surface area contributed by atoms with E-state index in [4.69, 9.17) is 16.3 Å². The first-order chi connectivity index (χ1) is 19.0. The first-order valence-electron chi connectivity index (χ1n) is 13.6. The number of amides is 2. The van der Waals surface area contributed by atoms with Gasteiger partial charge in [-0.25, -0.2) is 0 Å². The Labute approximate surface area is 252 Å². The Balaban J connectivity index is 1.72. The number of likely N-dealkylation sites (tertiary alicyclic amines) is 1. The van der Waals surface area contributed by atoms with Gasteiger partial charge in [-0.2, -0.15) is 0 Å². The molecule has 1 aliphatic carbocycles. The molecule has 7 nitrogen and oxygen atoms in total. The van der Waals surface area contributed by atoms with Crippen molar-refractivity contribution >= 4 is 55.9 Å². The number of benzene rings is 2. The van der Waals surface area contributed by atoms with E-state index < -0.39 is 30.1 Å². The van der Waals surface area contributed by atoms with Crippen molar-refractivity contribution in [2.24, 2.45) is 5.41 Å². The lowest BCUT2D eigenvalue weighted by Gasteiger charge is -2.54. The van der Waals surface area contributed by atoms with Gasteiger partial charge in [0.15, 0.2) is 0 Å². The van der Waals surface area contributed by atoms with Crippen LogP contribution < -0.4 is 4.90 Å². The number of aliphatic hydroxyl groups is 2. The number of anilines is 1. The van der Waals surface area contributed by atoms with Crippen molar-refractivity contribution < 1.29 is 24.5 Å². The van der Waals surface area contributed by atoms with Crippen molar-refractivity contribution in [3.05, 3.63) is 63.1 Å². The summed E-state index contributed by atoms with van der Waals surface area (Å²) < 4.78 is 6.92. The van der Waals surface area contributed by atoms with E-state index >= 15 is 4.79 Å². The average molecular weight is 653 g/mol. The number of β-amino-alcohol motifs (C(OH)–C–C–N with tert-alkyl or cyclic N) is 1. The third-order valence-electron chi connectivity index (χ3n) is 8.71. The molecule has 2 aromatic carbocycles. The fourth-order valence-electron chi connectivity index (χ4n) is 6.66. The van der Waals surface area contributed by atoms with Crippen molar-refractivity contribution in [1.82, 2.24) is 4.90 Å². The third kappa shape index (κ3) is 5.22. The molecule has 2 aromatic rings. The smallest absolute Gasteiger partial charge is 0.242 e. The van der Waals surface area contributed by atoms with E-state index in [9.17, 15) is 15.0 Å². The molecule has 0 radical (unpaired) electrons. The van der Waals surface area contributed by atoms with Crippen LogP contribution in [0.15, 0.2) is 46.9 Å². The standard InChI is InChI=1S/C30H37BrClN2O5S/c1-29(9-10-29)27-30(23-8-7-20(31)14-25(23)34(28(30)38)18-39-11-12-40(2)3)24(19-5-4-6-21(32)13-19)15-26(37)33(27)16-22(36)17-35/h4-8,13-14,22,24,27,35-36H,9-12,15-18H2,1-3H3/q+1/t22?,24-,27+,30-/m0/s1. The van der Waals surface area contributed by atoms with Crippen molar-refractivity contribution in [2.75, 3.05) is 49.7 Å². The maximum absolute atomic E-state index is 15.1. The summed E-state index contributed by atoms with van der Waals surface area (Å²) >= 11 is 10.1. The Morgan fingerprint density at radius 1 is 1.20 bits per heavy atom. The lowest BCUT2D eigenvalue weighted by atomic mass is 9.56. The summed E-state index contributed by atoms with van der Waals surface area (Å²) in [5, 5.41) is 20.8. The molecule has 4 atom stereocenters. The van der Waals surface area contributed by atoms with Crippen LogP contribution in [-0.4, -0.2) is 83.8 Å². The highest BCUT2D eigenvalue weighted by Crippen LogP contribution is 2.65. The summed E-state index contributed by atoms with van der Waals surface area (Å²) in [6, 6.07) is 12.8. The van der Waals surface area contributed by atoms with Gasteiger partial charge in [0.1, 0.15) is 17.9 Å². The van der Waals surface area contributed by atoms with Crippen LogP contribution in [0.3, 0.4) is 0 Å². The molecule has 216 valence electrons. The number of carbonyl (C=O) groups is 2. The van der Waals surface area contributed by atoms with Crippen LogP contribution in [0.25, 0.3) is 0 Å². The zero-order valence-electron chi connectivity index (χ0n) is 23.1. The molecule has 1 saturated heterocycles. The SMILES string of the molecule is C[S+](C)CCOCN1C(=O)[C@]2(c3ccc(Br)cc31)[C@@H](C1(C)CC1)N(CC(O)CO)C(=O)C[C@H]2c1cccc(Cl)c1. The average Bonchev–Trinajstić information content (AvgIpc) is 3.61. The minimum atomic E-state index is -1.13. The minimum absolute atomic E-state index is 0.0371. The predicted molar refractivity (Wildman–Crippen MR) is 163 cm³/mol. The predicted octanol–water partition coefficient (Wildman–Crippen LogP) is 4.08. The number of hydrogen-bond acceptors (Lipinski definition) is 5. The molecule has 2 heterocycles. The largest absolute Gasteiger partial charge is 0.394 e. The second kappa shape index (κ2) is 11.6. The lowest BCUT2D eigenvalue weighted by molar-refractivity contribution is -0.152. The van der Waals surface area contributed by atoms with Gasteiger partial charge in [-0.05, 0) is 64.5 Å². The summed E-state index contributed by atoms with van der Waals surface area (Å²) in [6.07, 6.45) is 5.01. The van der Waals surface area contributed by atoms with Gasteiger partial charge in [0.05, 0.1) is 43.6 Å². The highest BCUT2D eigenvalue weighted by molar-refractivity contribution is 9.10. The second-order valence-corrected chi connectivity index (χ2v) is 15.5. The Kier molecular flexibility index (Phi) is 8.64. The summed E-state index contributed by atoms with van der Waals surface area (Å²) in [6.45, 7) is 2.28. The molecular weight excluding hydrogens is 616 g/mol. The van der Waals surface area contributed by atoms with Gasteiger partial charge in [-0.15, -0.1) is 0 Å². The van der Waals surface area contributed by atoms with Crippen LogP contribution >= 0.6 is 27.5 Å². The van der Waals surface area contributed by atoms with Gasteiger partial charge in [0.25, 0.3) is 0 Å². The topological polar surface area (TPSA) is 90.3 Å². The fraction of sp³-hybridized carbons (Fsp3) is 0.533. The van der Waals surface area contributed by atoms with Gasteiger partial charge in [0, 0.05) is 28.4 Å². The number of halogens is 2. The Hall–Kier alpha value is -1.62. The number of rotatable bonds is 10. The molecule has 3 aliphatic rings. The molecule has 2 amide bonds. The molecule has 2 aliphatic heterocycles. The monoisotopic (exact) mass is 651 g/mol. The Bertz CT molecular complexity index is 1290. The number of carbonyl (C=O) groups excluding carboxylic acids is 2. The quantitative estimate of drug-likeness (QED) is 0.298. The number of fused-ring (bicyclic) bond motifs is 2. The van der Waals surface area contributed by atoms with E-state index in [1.54, 1.807) is 15.9 Å². The normalized spacial score (nSPS) is 26.1. The molecule has 10 heteroatoms. The molecule has 2 N–H and O–H groups in total. The van der Waals surface area contributed by atoms with E-state index in [-0.39, 0.29) is 47.8 Å². The van der Waals surface area contributed by atoms with E-state index in [2.05, 4.69) is 35.4 Å². The molecule has 1 saturated carbocycles. The maximum atomic E-state index is 15.1. The first kappa shape index (κ1) is 29.9. The van der Waals surface area contributed by atoms with E-state index in [1.807, 2.05) is 36.4 Å². The van der Waals surface area contributed by atoms with E-state index in [0.29, 0.717) is 11.6 Å². The zero-order valence-corrected chi connectivity index (χ0v) is 26.3. The van der Waals surface area contributed by atoms with Crippen molar-refractivity contribution in [2.45, 2.75) is 49.7 Å². The highest BCUT2D eigenvalue weighted by Gasteiger charge is 2.70. The maximum Gasteiger partial charge on any atom is 0.242 e. The number of piperidine rings is 1. The molecule has 40 heavy (non-hydrogen) atoms. The first-order valence-corrected chi connectivity index (χ1v) is 17.0. The van der Waals surface area contributed by atoms with Crippen LogP contribution in [0, 0.1) is 5.41 Å². The van der Waals surface area contributed by atoms with Gasteiger partial charge in [-0.1, -0.05) is 52.7 Å². The molecule has 2 fully saturated rings. The van der Waals surface area contributed by atoms with Crippen LogP contribution in [-0.2, 0) is 30.6 Å². The summed E-state index contributed by atoms with van der Waals surface area (Å²) in [5.74, 6) is 0.191. The zero-order chi connectivity index (χ0) is 28.8. The van der Waals surface area contributed by atoms with Gasteiger partial charge in [0.2, 0.25) is 11.8 Å². The molecular formula is C30H37BrClN2O5S+. The van der Waals surface area contributed by atoms with Crippen LogP contribution in [0.1, 0.15) is 43.2 Å². The number of aliphatic hydroxyl groups excluding tert-OH is 2. The minimum Gasteiger partial charge on any atom is -0.394 e. The van der Waals surface area contributed by atoms with Crippen molar-refractivity contribution in [3.8, 4) is 0 Å². The third-order valence-corrected chi connectivity index (χ3v) is 10.4. The molecule has 1 unspecified atom stereocenters. The summed E-state index contributed by atoms with van der Waals surface area (Å²) in [4.78, 5) is 32.4. The molecule has 1 spiro atoms. The summed E-state index contributed by atoms with van der Waals surface area (Å²) in [7, 11) is 0.219. The number of ether oxygens (including phenoxy) is 1. The Morgan fingerprint density at radius 3 is 2.60 bits per heavy atom. The van der Waals surface area contributed by atoms with Gasteiger partial charge < -0.3 is 19.8 Å². The van der Waals surface area contributed by atoms with E-state index in [1.165, 1.54) is 0 Å². The second-order valence-electron chi connectivity index (χ2n) is 11.7. The molecule has 0 aromatic heterocycles. The van der Waals surface area contributed by atoms with E-state index in [0.717, 1.165) is 39.9 Å². The summed E-state index contributed by atoms with van der Waals surface area (Å²) in [5.41, 5.74) is 0.998. The molecule has 5 rings (SSSR count). The van der Waals surface area contributed by atoms with Gasteiger partial charge >= 0.3 is 0 Å². The molecule has 0 bridgehead atoms. The lowest BCUT2D eigenvalue weighted by Crippen LogP contribution is -2.67. The van der Waals surface area contributed by atoms with Gasteiger partial charge in [-0.3, -0.25) is 14.5 Å².